The monoisotopic (exact) mass is 183 g/mol. The molecule has 2 fully saturated rings. The molecule has 0 bridgehead atoms. The average Bonchev–Trinajstić information content (AvgIpc) is 2.59. The summed E-state index contributed by atoms with van der Waals surface area (Å²) in [6.45, 7) is 0.870. The molecule has 3 nitrogen and oxygen atoms in total. The predicted molar refractivity (Wildman–Crippen MR) is 49.5 cm³/mol. The van der Waals surface area contributed by atoms with E-state index < -0.39 is 0 Å². The van der Waals surface area contributed by atoms with E-state index >= 15 is 0 Å². The lowest BCUT2D eigenvalue weighted by molar-refractivity contribution is -0.112. The number of fused-ring (bicyclic) bond motifs is 1. The lowest BCUT2D eigenvalue weighted by Crippen LogP contribution is -2.37. The van der Waals surface area contributed by atoms with Gasteiger partial charge >= 0.3 is 0 Å². The largest absolute Gasteiger partial charge is 0.381 e. The van der Waals surface area contributed by atoms with Crippen LogP contribution in [0.1, 0.15) is 19.3 Å². The molecule has 0 aromatic heterocycles. The summed E-state index contributed by atoms with van der Waals surface area (Å²) in [7, 11) is 1.77. The molecule has 0 radical (unpaired) electrons. The summed E-state index contributed by atoms with van der Waals surface area (Å²) in [5.41, 5.74) is 0. The van der Waals surface area contributed by atoms with E-state index in [-0.39, 0.29) is 5.92 Å². The van der Waals surface area contributed by atoms with Crippen LogP contribution in [-0.4, -0.2) is 32.1 Å². The molecular weight excluding hydrogens is 166 g/mol. The molecule has 1 aliphatic heterocycles. The Morgan fingerprint density at radius 2 is 2.31 bits per heavy atom. The van der Waals surface area contributed by atoms with Gasteiger partial charge in [-0.3, -0.25) is 0 Å². The van der Waals surface area contributed by atoms with Crippen LogP contribution < -0.4 is 5.32 Å². The number of nitrogens with one attached hydrogen (secondary N) is 1. The Morgan fingerprint density at radius 1 is 1.46 bits per heavy atom. The zero-order chi connectivity index (χ0) is 9.26. The molecular formula is C10H17NO2. The van der Waals surface area contributed by atoms with Gasteiger partial charge in [0, 0.05) is 25.6 Å². The molecule has 4 atom stereocenters. The van der Waals surface area contributed by atoms with Crippen LogP contribution in [0.5, 0.6) is 0 Å². The van der Waals surface area contributed by atoms with Crippen LogP contribution in [0.25, 0.3) is 0 Å². The van der Waals surface area contributed by atoms with Gasteiger partial charge in [0.15, 0.2) is 0 Å². The number of rotatable bonds is 2. The standard InChI is InChI=1S/C10H17NO2/c1-13-8-2-3-9-7(6-12)5-11-10(9)4-8/h6-11H,2-5H2,1H3. The Bertz CT molecular complexity index is 195. The van der Waals surface area contributed by atoms with Crippen LogP contribution in [0, 0.1) is 11.8 Å². The zero-order valence-electron chi connectivity index (χ0n) is 8.03. The van der Waals surface area contributed by atoms with Crippen molar-refractivity contribution in [3.05, 3.63) is 0 Å². The van der Waals surface area contributed by atoms with Crippen molar-refractivity contribution in [2.24, 2.45) is 11.8 Å². The van der Waals surface area contributed by atoms with Gasteiger partial charge in [0.25, 0.3) is 0 Å². The van der Waals surface area contributed by atoms with E-state index in [1.54, 1.807) is 7.11 Å². The summed E-state index contributed by atoms with van der Waals surface area (Å²) >= 11 is 0. The highest BCUT2D eigenvalue weighted by molar-refractivity contribution is 5.55. The molecule has 74 valence electrons. The van der Waals surface area contributed by atoms with E-state index in [4.69, 9.17) is 4.74 Å². The minimum Gasteiger partial charge on any atom is -0.381 e. The van der Waals surface area contributed by atoms with E-state index in [1.165, 1.54) is 0 Å². The Labute approximate surface area is 78.8 Å². The van der Waals surface area contributed by atoms with Crippen LogP contribution in [0.2, 0.25) is 0 Å². The van der Waals surface area contributed by atoms with Gasteiger partial charge in [-0.25, -0.2) is 0 Å². The van der Waals surface area contributed by atoms with E-state index in [0.29, 0.717) is 18.1 Å². The molecule has 13 heavy (non-hydrogen) atoms. The Hall–Kier alpha value is -0.410. The van der Waals surface area contributed by atoms with Gasteiger partial charge < -0.3 is 14.8 Å². The smallest absolute Gasteiger partial charge is 0.124 e. The first-order valence-corrected chi connectivity index (χ1v) is 5.06. The quantitative estimate of drug-likeness (QED) is 0.637. The maximum Gasteiger partial charge on any atom is 0.124 e. The van der Waals surface area contributed by atoms with Crippen LogP contribution in [-0.2, 0) is 9.53 Å². The van der Waals surface area contributed by atoms with E-state index in [1.807, 2.05) is 0 Å². The number of ether oxygens (including phenoxy) is 1. The summed E-state index contributed by atoms with van der Waals surface area (Å²) in [5.74, 6) is 0.826. The second-order valence-corrected chi connectivity index (χ2v) is 4.15. The minimum atomic E-state index is 0.253. The van der Waals surface area contributed by atoms with Gasteiger partial charge in [-0.15, -0.1) is 0 Å². The van der Waals surface area contributed by atoms with Crippen molar-refractivity contribution in [2.45, 2.75) is 31.4 Å². The number of methoxy groups -OCH3 is 1. The third kappa shape index (κ3) is 1.63. The number of hydrogen-bond acceptors (Lipinski definition) is 3. The van der Waals surface area contributed by atoms with E-state index in [0.717, 1.165) is 32.1 Å². The molecule has 2 aliphatic rings. The third-order valence-electron chi connectivity index (χ3n) is 3.53. The third-order valence-corrected chi connectivity index (χ3v) is 3.53. The lowest BCUT2D eigenvalue weighted by atomic mass is 9.79. The fourth-order valence-corrected chi connectivity index (χ4v) is 2.70. The molecule has 1 N–H and O–H groups in total. The van der Waals surface area contributed by atoms with Crippen LogP contribution in [0.3, 0.4) is 0 Å². The highest BCUT2D eigenvalue weighted by atomic mass is 16.5. The predicted octanol–water partition coefficient (Wildman–Crippen LogP) is 0.588. The molecule has 1 saturated carbocycles. The van der Waals surface area contributed by atoms with Crippen LogP contribution >= 0.6 is 0 Å². The average molecular weight is 183 g/mol. The Morgan fingerprint density at radius 3 is 3.00 bits per heavy atom. The molecule has 2 rings (SSSR count). The van der Waals surface area contributed by atoms with Crippen LogP contribution in [0.15, 0.2) is 0 Å². The van der Waals surface area contributed by atoms with E-state index in [9.17, 15) is 4.79 Å². The summed E-state index contributed by atoms with van der Waals surface area (Å²) in [6.07, 6.45) is 4.85. The molecule has 1 saturated heterocycles. The first kappa shape index (κ1) is 9.16. The van der Waals surface area contributed by atoms with Crippen LogP contribution in [0.4, 0.5) is 0 Å². The molecule has 0 aromatic carbocycles. The van der Waals surface area contributed by atoms with Crippen molar-refractivity contribution in [1.82, 2.24) is 5.32 Å². The second-order valence-electron chi connectivity index (χ2n) is 4.15. The van der Waals surface area contributed by atoms with Crippen molar-refractivity contribution in [1.29, 1.82) is 0 Å². The Balaban J connectivity index is 1.97. The molecule has 3 heteroatoms. The van der Waals surface area contributed by atoms with Gasteiger partial charge in [0.1, 0.15) is 6.29 Å². The maximum atomic E-state index is 10.7. The summed E-state index contributed by atoms with van der Waals surface area (Å²) < 4.78 is 5.34. The minimum absolute atomic E-state index is 0.253. The van der Waals surface area contributed by atoms with Gasteiger partial charge in [-0.2, -0.15) is 0 Å². The second kappa shape index (κ2) is 3.76. The molecule has 4 unspecified atom stereocenters. The Kier molecular flexibility index (Phi) is 2.65. The highest BCUT2D eigenvalue weighted by Crippen LogP contribution is 2.34. The molecule has 1 aliphatic carbocycles. The van der Waals surface area contributed by atoms with E-state index in [2.05, 4.69) is 5.32 Å². The fraction of sp³-hybridized carbons (Fsp3) is 0.900. The van der Waals surface area contributed by atoms with Gasteiger partial charge in [0.2, 0.25) is 0 Å². The molecule has 1 heterocycles. The summed E-state index contributed by atoms with van der Waals surface area (Å²) in [4.78, 5) is 10.7. The van der Waals surface area contributed by atoms with Gasteiger partial charge in [-0.05, 0) is 25.2 Å². The van der Waals surface area contributed by atoms with Crippen molar-refractivity contribution in [3.63, 3.8) is 0 Å². The number of carbonyl (C=O) groups is 1. The number of hydrogen-bond donors (Lipinski definition) is 1. The number of aldehydes is 1. The summed E-state index contributed by atoms with van der Waals surface area (Å²) in [6, 6.07) is 0.522. The zero-order valence-corrected chi connectivity index (χ0v) is 8.03. The lowest BCUT2D eigenvalue weighted by Gasteiger charge is -2.31. The van der Waals surface area contributed by atoms with Crippen molar-refractivity contribution in [3.8, 4) is 0 Å². The number of carbonyl (C=O) groups excluding carboxylic acids is 1. The molecule has 0 amide bonds. The van der Waals surface area contributed by atoms with Crippen molar-refractivity contribution in [2.75, 3.05) is 13.7 Å². The molecule has 0 aromatic rings. The molecule has 0 spiro atoms. The van der Waals surface area contributed by atoms with Crippen molar-refractivity contribution < 1.29 is 9.53 Å². The normalized spacial score (nSPS) is 44.4. The highest BCUT2D eigenvalue weighted by Gasteiger charge is 2.39. The maximum absolute atomic E-state index is 10.7. The SMILES string of the molecule is COC1CCC2C(C=O)CNC2C1. The van der Waals surface area contributed by atoms with Gasteiger partial charge in [0.05, 0.1) is 6.10 Å². The first-order chi connectivity index (χ1) is 6.35. The van der Waals surface area contributed by atoms with Gasteiger partial charge in [-0.1, -0.05) is 0 Å². The van der Waals surface area contributed by atoms with Crippen molar-refractivity contribution >= 4 is 6.29 Å². The first-order valence-electron chi connectivity index (χ1n) is 5.06. The summed E-state index contributed by atoms with van der Waals surface area (Å²) in [5, 5.41) is 3.41. The topological polar surface area (TPSA) is 38.3 Å². The fourth-order valence-electron chi connectivity index (χ4n) is 2.70.